The van der Waals surface area contributed by atoms with E-state index in [1.807, 2.05) is 0 Å². The lowest BCUT2D eigenvalue weighted by Crippen LogP contribution is -2.47. The summed E-state index contributed by atoms with van der Waals surface area (Å²) in [5.41, 5.74) is -0.736. The zero-order chi connectivity index (χ0) is 10.0. The van der Waals surface area contributed by atoms with Gasteiger partial charge in [0.2, 0.25) is 0 Å². The molecule has 2 heterocycles. The number of urea groups is 1. The molecular weight excluding hydrogens is 184 g/mol. The fourth-order valence-corrected chi connectivity index (χ4v) is 1.93. The molecule has 0 atom stereocenters. The van der Waals surface area contributed by atoms with Gasteiger partial charge in [-0.05, 0) is 0 Å². The lowest BCUT2D eigenvalue weighted by Gasteiger charge is -2.34. The Hall–Kier alpha value is -0.810. The third-order valence-electron chi connectivity index (χ3n) is 2.85. The highest BCUT2D eigenvalue weighted by molar-refractivity contribution is 5.76. The third-order valence-corrected chi connectivity index (χ3v) is 2.85. The Kier molecular flexibility index (Phi) is 2.60. The van der Waals surface area contributed by atoms with Crippen molar-refractivity contribution in [1.29, 1.82) is 0 Å². The molecule has 0 radical (unpaired) electrons. The van der Waals surface area contributed by atoms with Crippen LogP contribution in [0.25, 0.3) is 0 Å². The van der Waals surface area contributed by atoms with Crippen LogP contribution in [0, 0.1) is 0 Å². The van der Waals surface area contributed by atoms with Gasteiger partial charge in [-0.2, -0.15) is 0 Å². The number of aliphatic hydroxyl groups is 1. The van der Waals surface area contributed by atoms with E-state index >= 15 is 0 Å². The second-order valence-corrected chi connectivity index (χ2v) is 3.99. The molecule has 0 spiro atoms. The summed E-state index contributed by atoms with van der Waals surface area (Å²) in [7, 11) is 0. The fraction of sp³-hybridized carbons (Fsp3) is 0.889. The van der Waals surface area contributed by atoms with Crippen molar-refractivity contribution in [3.05, 3.63) is 0 Å². The molecule has 2 N–H and O–H groups in total. The zero-order valence-electron chi connectivity index (χ0n) is 8.16. The van der Waals surface area contributed by atoms with Crippen molar-refractivity contribution < 1.29 is 14.6 Å². The maximum absolute atomic E-state index is 11.3. The van der Waals surface area contributed by atoms with Gasteiger partial charge in [0.1, 0.15) is 0 Å². The number of carbonyl (C=O) groups is 1. The lowest BCUT2D eigenvalue weighted by atomic mass is 9.94. The first kappa shape index (κ1) is 9.73. The minimum atomic E-state index is -0.736. The summed E-state index contributed by atoms with van der Waals surface area (Å²) in [6.45, 7) is 2.99. The van der Waals surface area contributed by atoms with Gasteiger partial charge >= 0.3 is 6.03 Å². The molecule has 2 aliphatic heterocycles. The van der Waals surface area contributed by atoms with E-state index in [0.717, 1.165) is 0 Å². The Bertz CT molecular complexity index is 226. The lowest BCUT2D eigenvalue weighted by molar-refractivity contribution is -0.0727. The van der Waals surface area contributed by atoms with Gasteiger partial charge in [-0.25, -0.2) is 4.79 Å². The van der Waals surface area contributed by atoms with Crippen LogP contribution in [-0.2, 0) is 4.74 Å². The first-order chi connectivity index (χ1) is 6.70. The highest BCUT2D eigenvalue weighted by atomic mass is 16.5. The molecule has 0 aromatic carbocycles. The molecule has 5 nitrogen and oxygen atoms in total. The van der Waals surface area contributed by atoms with Crippen LogP contribution in [-0.4, -0.2) is 54.5 Å². The number of hydrogen-bond donors (Lipinski definition) is 2. The molecule has 2 rings (SSSR count). The van der Waals surface area contributed by atoms with E-state index in [-0.39, 0.29) is 6.03 Å². The summed E-state index contributed by atoms with van der Waals surface area (Å²) < 4.78 is 5.18. The summed E-state index contributed by atoms with van der Waals surface area (Å²) in [5.74, 6) is 0. The van der Waals surface area contributed by atoms with Gasteiger partial charge in [0.25, 0.3) is 0 Å². The maximum atomic E-state index is 11.3. The standard InChI is InChI=1S/C9H16N2O3/c12-8-10-3-4-11(8)7-9(13)1-5-14-6-2-9/h13H,1-7H2,(H,10,12). The van der Waals surface area contributed by atoms with Crippen molar-refractivity contribution in [2.75, 3.05) is 32.8 Å². The number of hydrogen-bond acceptors (Lipinski definition) is 3. The predicted octanol–water partition coefficient (Wildman–Crippen LogP) is -0.447. The monoisotopic (exact) mass is 200 g/mol. The number of carbonyl (C=O) groups excluding carboxylic acids is 1. The van der Waals surface area contributed by atoms with E-state index in [4.69, 9.17) is 4.74 Å². The minimum Gasteiger partial charge on any atom is -0.388 e. The van der Waals surface area contributed by atoms with Crippen molar-refractivity contribution in [3.8, 4) is 0 Å². The predicted molar refractivity (Wildman–Crippen MR) is 50.0 cm³/mol. The minimum absolute atomic E-state index is 0.0649. The van der Waals surface area contributed by atoms with Crippen LogP contribution in [0.3, 0.4) is 0 Å². The fourth-order valence-electron chi connectivity index (χ4n) is 1.93. The summed E-state index contributed by atoms with van der Waals surface area (Å²) in [4.78, 5) is 12.9. The van der Waals surface area contributed by atoms with Crippen molar-refractivity contribution >= 4 is 6.03 Å². The van der Waals surface area contributed by atoms with Crippen LogP contribution in [0.5, 0.6) is 0 Å². The first-order valence-corrected chi connectivity index (χ1v) is 5.03. The number of ether oxygens (including phenoxy) is 1. The van der Waals surface area contributed by atoms with Crippen molar-refractivity contribution in [3.63, 3.8) is 0 Å². The number of β-amino-alcohol motifs (C(OH)–C–C–N with tert-alkyl or cyclic N) is 1. The summed E-state index contributed by atoms with van der Waals surface area (Å²) in [5, 5.41) is 12.9. The molecule has 0 saturated carbocycles. The Morgan fingerprint density at radius 3 is 2.79 bits per heavy atom. The second-order valence-electron chi connectivity index (χ2n) is 3.99. The van der Waals surface area contributed by atoms with Gasteiger partial charge < -0.3 is 20.1 Å². The first-order valence-electron chi connectivity index (χ1n) is 5.03. The van der Waals surface area contributed by atoms with Crippen molar-refractivity contribution in [1.82, 2.24) is 10.2 Å². The van der Waals surface area contributed by atoms with Crippen molar-refractivity contribution in [2.45, 2.75) is 18.4 Å². The molecule has 2 amide bonds. The summed E-state index contributed by atoms with van der Waals surface area (Å²) >= 11 is 0. The van der Waals surface area contributed by atoms with Gasteiger partial charge in [0, 0.05) is 39.1 Å². The highest BCUT2D eigenvalue weighted by Crippen LogP contribution is 2.22. The van der Waals surface area contributed by atoms with Gasteiger partial charge in [-0.3, -0.25) is 0 Å². The number of nitrogens with zero attached hydrogens (tertiary/aromatic N) is 1. The normalized spacial score (nSPS) is 26.4. The SMILES string of the molecule is O=C1NCCN1CC1(O)CCOCC1. The van der Waals surface area contributed by atoms with Crippen LogP contribution in [0.2, 0.25) is 0 Å². The Morgan fingerprint density at radius 2 is 2.21 bits per heavy atom. The molecule has 5 heteroatoms. The number of nitrogens with one attached hydrogen (secondary N) is 1. The van der Waals surface area contributed by atoms with E-state index in [1.54, 1.807) is 4.90 Å². The summed E-state index contributed by atoms with van der Waals surface area (Å²) in [6.07, 6.45) is 1.24. The molecule has 0 unspecified atom stereocenters. The highest BCUT2D eigenvalue weighted by Gasteiger charge is 2.34. The van der Waals surface area contributed by atoms with Crippen LogP contribution in [0.1, 0.15) is 12.8 Å². The molecule has 80 valence electrons. The molecule has 2 fully saturated rings. The molecule has 0 aliphatic carbocycles. The van der Waals surface area contributed by atoms with Gasteiger partial charge in [-0.1, -0.05) is 0 Å². The van der Waals surface area contributed by atoms with E-state index in [0.29, 0.717) is 45.7 Å². The Labute approximate surface area is 83.0 Å². The van der Waals surface area contributed by atoms with Gasteiger partial charge in [0.05, 0.1) is 12.1 Å². The molecule has 2 saturated heterocycles. The van der Waals surface area contributed by atoms with Gasteiger partial charge in [0.15, 0.2) is 0 Å². The molecular formula is C9H16N2O3. The quantitative estimate of drug-likeness (QED) is 0.635. The molecule has 0 aromatic heterocycles. The van der Waals surface area contributed by atoms with E-state index in [1.165, 1.54) is 0 Å². The van der Waals surface area contributed by atoms with Gasteiger partial charge in [-0.15, -0.1) is 0 Å². The van der Waals surface area contributed by atoms with Crippen LogP contribution in [0.15, 0.2) is 0 Å². The average Bonchev–Trinajstić information content (AvgIpc) is 2.52. The zero-order valence-corrected chi connectivity index (χ0v) is 8.16. The Morgan fingerprint density at radius 1 is 1.50 bits per heavy atom. The average molecular weight is 200 g/mol. The smallest absolute Gasteiger partial charge is 0.317 e. The molecule has 2 aliphatic rings. The molecule has 0 bridgehead atoms. The topological polar surface area (TPSA) is 61.8 Å². The maximum Gasteiger partial charge on any atom is 0.317 e. The van der Waals surface area contributed by atoms with Crippen LogP contribution >= 0.6 is 0 Å². The summed E-state index contributed by atoms with van der Waals surface area (Å²) in [6, 6.07) is -0.0649. The van der Waals surface area contributed by atoms with Crippen molar-refractivity contribution in [2.24, 2.45) is 0 Å². The number of amides is 2. The largest absolute Gasteiger partial charge is 0.388 e. The van der Waals surface area contributed by atoms with E-state index < -0.39 is 5.60 Å². The van der Waals surface area contributed by atoms with E-state index in [2.05, 4.69) is 5.32 Å². The molecule has 0 aromatic rings. The van der Waals surface area contributed by atoms with Crippen LogP contribution in [0.4, 0.5) is 4.79 Å². The van der Waals surface area contributed by atoms with E-state index in [9.17, 15) is 9.90 Å². The molecule has 14 heavy (non-hydrogen) atoms. The van der Waals surface area contributed by atoms with Crippen LogP contribution < -0.4 is 5.32 Å². The Balaban J connectivity index is 1.91. The third kappa shape index (κ3) is 1.99. The number of rotatable bonds is 2. The second kappa shape index (κ2) is 3.74.